The van der Waals surface area contributed by atoms with Crippen LogP contribution in [0.2, 0.25) is 0 Å². The quantitative estimate of drug-likeness (QED) is 0.743. The van der Waals surface area contributed by atoms with Crippen LogP contribution < -0.4 is 0 Å². The molecule has 2 aromatic rings. The molecule has 0 saturated carbocycles. The maximum Gasteiger partial charge on any atom is 0.155 e. The molecule has 0 aliphatic carbocycles. The monoisotopic (exact) mass is 189 g/mol. The van der Waals surface area contributed by atoms with E-state index in [0.29, 0.717) is 5.92 Å². The summed E-state index contributed by atoms with van der Waals surface area (Å²) in [6.07, 6.45) is 6.03. The molecule has 2 heterocycles. The molecule has 0 N–H and O–H groups in total. The lowest BCUT2D eigenvalue weighted by molar-refractivity contribution is 0.636. The number of hydrogen-bond donors (Lipinski definition) is 0. The molecule has 0 aliphatic rings. The van der Waals surface area contributed by atoms with Crippen LogP contribution in [0.4, 0.5) is 0 Å². The average molecular weight is 189 g/mol. The number of aromatic nitrogens is 3. The lowest BCUT2D eigenvalue weighted by Gasteiger charge is -2.12. The number of hydrogen-bond acceptors (Lipinski definition) is 2. The molecule has 0 spiro atoms. The highest BCUT2D eigenvalue weighted by molar-refractivity contribution is 5.38. The molecule has 2 aromatic heterocycles. The molecule has 0 fully saturated rings. The predicted octanol–water partition coefficient (Wildman–Crippen LogP) is 2.63. The largest absolute Gasteiger partial charge is 0.221 e. The second-order valence-corrected chi connectivity index (χ2v) is 3.54. The van der Waals surface area contributed by atoms with Gasteiger partial charge in [0.2, 0.25) is 0 Å². The van der Waals surface area contributed by atoms with Gasteiger partial charge >= 0.3 is 0 Å². The average Bonchev–Trinajstić information content (AvgIpc) is 2.66. The maximum absolute atomic E-state index is 4.14. The minimum Gasteiger partial charge on any atom is -0.221 e. The normalized spacial score (nSPS) is 11.4. The summed E-state index contributed by atoms with van der Waals surface area (Å²) in [6.45, 7) is 4.44. The first-order chi connectivity index (χ1) is 6.85. The van der Waals surface area contributed by atoms with Gasteiger partial charge in [0, 0.05) is 6.20 Å². The fourth-order valence-electron chi connectivity index (χ4n) is 1.83. The molecule has 0 amide bonds. The summed E-state index contributed by atoms with van der Waals surface area (Å²) in [5, 5.41) is 4.14. The molecule has 0 aromatic carbocycles. The number of rotatable bonds is 3. The van der Waals surface area contributed by atoms with E-state index < -0.39 is 0 Å². The van der Waals surface area contributed by atoms with E-state index in [4.69, 9.17) is 0 Å². The Morgan fingerprint density at radius 3 is 2.79 bits per heavy atom. The Balaban J connectivity index is 2.42. The van der Waals surface area contributed by atoms with Crippen molar-refractivity contribution in [2.45, 2.75) is 32.6 Å². The third-order valence-corrected chi connectivity index (χ3v) is 2.75. The molecule has 0 aliphatic heterocycles. The Hall–Kier alpha value is -1.38. The van der Waals surface area contributed by atoms with Crippen LogP contribution in [-0.4, -0.2) is 14.6 Å². The van der Waals surface area contributed by atoms with Crippen molar-refractivity contribution in [2.75, 3.05) is 0 Å². The predicted molar refractivity (Wildman–Crippen MR) is 56.3 cm³/mol. The number of nitrogens with zero attached hydrogens (tertiary/aromatic N) is 3. The van der Waals surface area contributed by atoms with Gasteiger partial charge in [0.05, 0.1) is 0 Å². The van der Waals surface area contributed by atoms with E-state index in [1.165, 1.54) is 18.4 Å². The minimum atomic E-state index is 0.642. The van der Waals surface area contributed by atoms with Crippen molar-refractivity contribution in [3.63, 3.8) is 0 Å². The Morgan fingerprint density at radius 2 is 2.07 bits per heavy atom. The summed E-state index contributed by atoms with van der Waals surface area (Å²) in [6, 6.07) is 4.18. The molecular weight excluding hydrogens is 174 g/mol. The van der Waals surface area contributed by atoms with Gasteiger partial charge in [-0.1, -0.05) is 19.9 Å². The van der Waals surface area contributed by atoms with Crippen LogP contribution in [0.25, 0.3) is 5.65 Å². The summed E-state index contributed by atoms with van der Waals surface area (Å²) in [5.74, 6) is 0.642. The summed E-state index contributed by atoms with van der Waals surface area (Å²) in [4.78, 5) is 4.12. The first-order valence-electron chi connectivity index (χ1n) is 5.14. The molecule has 0 atom stereocenters. The van der Waals surface area contributed by atoms with E-state index in [2.05, 4.69) is 36.2 Å². The molecule has 3 nitrogen and oxygen atoms in total. The lowest BCUT2D eigenvalue weighted by atomic mass is 9.96. The topological polar surface area (TPSA) is 30.2 Å². The van der Waals surface area contributed by atoms with Gasteiger partial charge in [-0.2, -0.15) is 5.10 Å². The Bertz CT molecular complexity index is 415. The van der Waals surface area contributed by atoms with Crippen molar-refractivity contribution in [3.05, 3.63) is 30.2 Å². The van der Waals surface area contributed by atoms with Gasteiger partial charge < -0.3 is 0 Å². The zero-order chi connectivity index (χ0) is 9.97. The highest BCUT2D eigenvalue weighted by atomic mass is 15.3. The Labute approximate surface area is 83.8 Å². The van der Waals surface area contributed by atoms with Crippen LogP contribution in [0.5, 0.6) is 0 Å². The molecule has 2 rings (SSSR count). The maximum atomic E-state index is 4.14. The van der Waals surface area contributed by atoms with Crippen LogP contribution in [-0.2, 0) is 0 Å². The molecule has 3 heteroatoms. The van der Waals surface area contributed by atoms with Crippen LogP contribution in [0.15, 0.2) is 24.7 Å². The molecular formula is C11H15N3. The van der Waals surface area contributed by atoms with Crippen LogP contribution in [0.3, 0.4) is 0 Å². The third kappa shape index (κ3) is 1.50. The van der Waals surface area contributed by atoms with Crippen molar-refractivity contribution in [3.8, 4) is 0 Å². The smallest absolute Gasteiger partial charge is 0.155 e. The van der Waals surface area contributed by atoms with Crippen molar-refractivity contribution in [1.82, 2.24) is 14.6 Å². The first-order valence-corrected chi connectivity index (χ1v) is 5.14. The second-order valence-electron chi connectivity index (χ2n) is 3.54. The molecule has 74 valence electrons. The van der Waals surface area contributed by atoms with E-state index in [1.54, 1.807) is 6.33 Å². The molecule has 0 radical (unpaired) electrons. The van der Waals surface area contributed by atoms with Crippen LogP contribution in [0.1, 0.15) is 38.2 Å². The Morgan fingerprint density at radius 1 is 1.29 bits per heavy atom. The van der Waals surface area contributed by atoms with E-state index in [1.807, 2.05) is 10.6 Å². The first kappa shape index (κ1) is 9.19. The van der Waals surface area contributed by atoms with Gasteiger partial charge in [0.25, 0.3) is 0 Å². The van der Waals surface area contributed by atoms with E-state index in [0.717, 1.165) is 5.65 Å². The van der Waals surface area contributed by atoms with E-state index in [9.17, 15) is 0 Å². The molecule has 0 saturated heterocycles. The zero-order valence-electron chi connectivity index (χ0n) is 8.64. The van der Waals surface area contributed by atoms with E-state index in [-0.39, 0.29) is 0 Å². The molecule has 14 heavy (non-hydrogen) atoms. The zero-order valence-corrected chi connectivity index (χ0v) is 8.64. The van der Waals surface area contributed by atoms with Crippen LogP contribution in [0, 0.1) is 0 Å². The van der Waals surface area contributed by atoms with Crippen molar-refractivity contribution >= 4 is 5.65 Å². The third-order valence-electron chi connectivity index (χ3n) is 2.75. The van der Waals surface area contributed by atoms with Crippen LogP contribution >= 0.6 is 0 Å². The SMILES string of the molecule is CCC(CC)c1ccc2ncnn2c1. The molecule has 0 bridgehead atoms. The van der Waals surface area contributed by atoms with Gasteiger partial charge in [-0.15, -0.1) is 0 Å². The fourth-order valence-corrected chi connectivity index (χ4v) is 1.83. The van der Waals surface area contributed by atoms with Gasteiger partial charge in [0.1, 0.15) is 6.33 Å². The summed E-state index contributed by atoms with van der Waals surface area (Å²) >= 11 is 0. The van der Waals surface area contributed by atoms with Gasteiger partial charge in [-0.25, -0.2) is 9.50 Å². The van der Waals surface area contributed by atoms with Gasteiger partial charge in [-0.3, -0.25) is 0 Å². The van der Waals surface area contributed by atoms with Crippen molar-refractivity contribution in [1.29, 1.82) is 0 Å². The van der Waals surface area contributed by atoms with Crippen molar-refractivity contribution < 1.29 is 0 Å². The van der Waals surface area contributed by atoms with Gasteiger partial charge in [-0.05, 0) is 30.4 Å². The van der Waals surface area contributed by atoms with Crippen molar-refractivity contribution in [2.24, 2.45) is 0 Å². The van der Waals surface area contributed by atoms with Gasteiger partial charge in [0.15, 0.2) is 5.65 Å². The highest BCUT2D eigenvalue weighted by Gasteiger charge is 2.07. The molecule has 0 unspecified atom stereocenters. The minimum absolute atomic E-state index is 0.642. The fraction of sp³-hybridized carbons (Fsp3) is 0.455. The highest BCUT2D eigenvalue weighted by Crippen LogP contribution is 2.22. The number of fused-ring (bicyclic) bond motifs is 1. The lowest BCUT2D eigenvalue weighted by Crippen LogP contribution is -1.98. The number of pyridine rings is 1. The summed E-state index contributed by atoms with van der Waals surface area (Å²) in [5.41, 5.74) is 2.27. The summed E-state index contributed by atoms with van der Waals surface area (Å²) in [7, 11) is 0. The standard InChI is InChI=1S/C11H15N3/c1-3-9(4-2)10-5-6-11-12-8-13-14(11)7-10/h5-9H,3-4H2,1-2H3. The van der Waals surface area contributed by atoms with E-state index >= 15 is 0 Å². The summed E-state index contributed by atoms with van der Waals surface area (Å²) < 4.78 is 1.84. The Kier molecular flexibility index (Phi) is 2.48. The second kappa shape index (κ2) is 3.78.